The maximum absolute atomic E-state index is 11.5. The third kappa shape index (κ3) is 1.84. The minimum Gasteiger partial charge on any atom is -0.331 e. The molecule has 0 radical (unpaired) electrons. The Bertz CT molecular complexity index is 433. The summed E-state index contributed by atoms with van der Waals surface area (Å²) in [5.74, 6) is -0.456. The van der Waals surface area contributed by atoms with Crippen LogP contribution in [-0.2, 0) is 14.6 Å². The number of nitrogens with one attached hydrogen (secondary N) is 2. The van der Waals surface area contributed by atoms with Gasteiger partial charge in [-0.15, -0.1) is 0 Å². The summed E-state index contributed by atoms with van der Waals surface area (Å²) in [5.41, 5.74) is 2.41. The summed E-state index contributed by atoms with van der Waals surface area (Å²) < 4.78 is 22.7. The lowest BCUT2D eigenvalue weighted by Crippen LogP contribution is -2.49. The van der Waals surface area contributed by atoms with Crippen molar-refractivity contribution in [2.75, 3.05) is 11.5 Å². The number of amides is 3. The first-order valence-electron chi connectivity index (χ1n) is 5.02. The number of nitrogens with zero attached hydrogens (tertiary/aromatic N) is 1. The van der Waals surface area contributed by atoms with E-state index in [9.17, 15) is 18.0 Å². The molecule has 0 aliphatic carbocycles. The van der Waals surface area contributed by atoms with E-state index in [1.54, 1.807) is 6.92 Å². The zero-order chi connectivity index (χ0) is 11.9. The molecule has 0 aromatic rings. The Balaban J connectivity index is 2.14. The van der Waals surface area contributed by atoms with E-state index in [2.05, 4.69) is 10.7 Å². The predicted octanol–water partition coefficient (Wildman–Crippen LogP) is -1.38. The quantitative estimate of drug-likeness (QED) is 0.588. The monoisotopic (exact) mass is 247 g/mol. The van der Waals surface area contributed by atoms with Crippen LogP contribution in [0.15, 0.2) is 0 Å². The molecule has 2 fully saturated rings. The van der Waals surface area contributed by atoms with Gasteiger partial charge in [-0.25, -0.2) is 18.2 Å². The largest absolute Gasteiger partial charge is 0.336 e. The second-order valence-corrected chi connectivity index (χ2v) is 6.11. The van der Waals surface area contributed by atoms with Gasteiger partial charge < -0.3 is 5.32 Å². The summed E-state index contributed by atoms with van der Waals surface area (Å²) in [5, 5.41) is 3.64. The smallest absolute Gasteiger partial charge is 0.331 e. The summed E-state index contributed by atoms with van der Waals surface area (Å²) in [7, 11) is -3.11. The average molecular weight is 247 g/mol. The molecule has 0 spiro atoms. The van der Waals surface area contributed by atoms with Gasteiger partial charge in [-0.3, -0.25) is 10.2 Å². The van der Waals surface area contributed by atoms with Gasteiger partial charge in [0.2, 0.25) is 5.91 Å². The van der Waals surface area contributed by atoms with Crippen LogP contribution in [-0.4, -0.2) is 49.0 Å². The highest BCUT2D eigenvalue weighted by molar-refractivity contribution is 7.91. The van der Waals surface area contributed by atoms with Gasteiger partial charge in [0.1, 0.15) is 0 Å². The maximum Gasteiger partial charge on any atom is 0.336 e. The zero-order valence-corrected chi connectivity index (χ0v) is 9.58. The van der Waals surface area contributed by atoms with Gasteiger partial charge in [0, 0.05) is 6.42 Å². The SMILES string of the molecule is CCC(=O)NN1C(=O)N[C@H]2CS(=O)(=O)C[C@@H]21. The molecule has 2 N–H and O–H groups in total. The maximum atomic E-state index is 11.5. The molecule has 2 heterocycles. The number of carbonyl (C=O) groups is 2. The minimum atomic E-state index is -3.11. The number of sulfone groups is 1. The van der Waals surface area contributed by atoms with Crippen LogP contribution in [0, 0.1) is 0 Å². The Morgan fingerprint density at radius 1 is 1.56 bits per heavy atom. The van der Waals surface area contributed by atoms with Crippen LogP contribution < -0.4 is 10.7 Å². The van der Waals surface area contributed by atoms with Gasteiger partial charge >= 0.3 is 6.03 Å². The highest BCUT2D eigenvalue weighted by atomic mass is 32.2. The van der Waals surface area contributed by atoms with Crippen molar-refractivity contribution in [2.24, 2.45) is 0 Å². The van der Waals surface area contributed by atoms with Gasteiger partial charge in [0.15, 0.2) is 9.84 Å². The molecule has 0 aromatic heterocycles. The molecule has 2 rings (SSSR count). The second-order valence-electron chi connectivity index (χ2n) is 3.96. The Labute approximate surface area is 93.1 Å². The molecule has 16 heavy (non-hydrogen) atoms. The first kappa shape index (κ1) is 11.2. The van der Waals surface area contributed by atoms with Gasteiger partial charge in [-0.1, -0.05) is 6.92 Å². The summed E-state index contributed by atoms with van der Waals surface area (Å²) in [6.07, 6.45) is 0.244. The zero-order valence-electron chi connectivity index (χ0n) is 8.76. The Morgan fingerprint density at radius 3 is 2.88 bits per heavy atom. The van der Waals surface area contributed by atoms with Crippen molar-refractivity contribution in [1.29, 1.82) is 0 Å². The first-order chi connectivity index (χ1) is 7.43. The fourth-order valence-electron chi connectivity index (χ4n) is 1.95. The van der Waals surface area contributed by atoms with Crippen LogP contribution in [0.1, 0.15) is 13.3 Å². The van der Waals surface area contributed by atoms with E-state index >= 15 is 0 Å². The van der Waals surface area contributed by atoms with Gasteiger partial charge in [-0.2, -0.15) is 0 Å². The number of rotatable bonds is 2. The predicted molar refractivity (Wildman–Crippen MR) is 55.0 cm³/mol. The number of carbonyl (C=O) groups excluding carboxylic acids is 2. The Kier molecular flexibility index (Phi) is 2.53. The summed E-state index contributed by atoms with van der Waals surface area (Å²) in [6.45, 7) is 1.66. The number of fused-ring (bicyclic) bond motifs is 1. The fraction of sp³-hybridized carbons (Fsp3) is 0.750. The molecular weight excluding hydrogens is 234 g/mol. The van der Waals surface area contributed by atoms with Crippen LogP contribution in [0.2, 0.25) is 0 Å². The van der Waals surface area contributed by atoms with Crippen molar-refractivity contribution in [3.8, 4) is 0 Å². The van der Waals surface area contributed by atoms with E-state index in [0.717, 1.165) is 5.01 Å². The molecule has 0 unspecified atom stereocenters. The highest BCUT2D eigenvalue weighted by Gasteiger charge is 2.49. The number of hydrazine groups is 1. The molecule has 0 aromatic carbocycles. The number of urea groups is 1. The van der Waals surface area contributed by atoms with Crippen molar-refractivity contribution < 1.29 is 18.0 Å². The number of hydrogen-bond acceptors (Lipinski definition) is 4. The molecule has 3 amide bonds. The molecule has 0 saturated carbocycles. The third-order valence-corrected chi connectivity index (χ3v) is 4.46. The van der Waals surface area contributed by atoms with E-state index in [1.165, 1.54) is 0 Å². The van der Waals surface area contributed by atoms with E-state index < -0.39 is 28.0 Å². The molecule has 8 heteroatoms. The van der Waals surface area contributed by atoms with Gasteiger partial charge in [0.25, 0.3) is 0 Å². The van der Waals surface area contributed by atoms with Crippen molar-refractivity contribution in [3.05, 3.63) is 0 Å². The number of hydrogen-bond donors (Lipinski definition) is 2. The third-order valence-electron chi connectivity index (χ3n) is 2.75. The van der Waals surface area contributed by atoms with Gasteiger partial charge in [-0.05, 0) is 0 Å². The first-order valence-corrected chi connectivity index (χ1v) is 6.84. The molecule has 2 atom stereocenters. The van der Waals surface area contributed by atoms with Crippen LogP contribution in [0.4, 0.5) is 4.79 Å². The molecule has 90 valence electrons. The van der Waals surface area contributed by atoms with Crippen molar-refractivity contribution >= 4 is 21.8 Å². The molecule has 0 bridgehead atoms. The molecular formula is C8H13N3O4S. The summed E-state index contributed by atoms with van der Waals surface area (Å²) >= 11 is 0. The van der Waals surface area contributed by atoms with Crippen LogP contribution in [0.25, 0.3) is 0 Å². The van der Waals surface area contributed by atoms with E-state index in [-0.39, 0.29) is 23.8 Å². The van der Waals surface area contributed by atoms with Crippen LogP contribution in [0.5, 0.6) is 0 Å². The van der Waals surface area contributed by atoms with Crippen molar-refractivity contribution in [3.63, 3.8) is 0 Å². The van der Waals surface area contributed by atoms with E-state index in [1.807, 2.05) is 0 Å². The van der Waals surface area contributed by atoms with Crippen LogP contribution >= 0.6 is 0 Å². The van der Waals surface area contributed by atoms with Crippen LogP contribution in [0.3, 0.4) is 0 Å². The molecule has 2 aliphatic heterocycles. The fourth-order valence-corrected chi connectivity index (χ4v) is 3.84. The van der Waals surface area contributed by atoms with E-state index in [4.69, 9.17) is 0 Å². The normalized spacial score (nSPS) is 31.1. The Hall–Kier alpha value is -1.31. The standard InChI is InChI=1S/C8H13N3O4S/c1-2-7(12)10-11-6-4-16(14,15)3-5(6)9-8(11)13/h5-6H,2-4H2,1H3,(H,9,13)(H,10,12)/t5-,6-/m0/s1. The lowest BCUT2D eigenvalue weighted by molar-refractivity contribution is -0.124. The molecule has 2 saturated heterocycles. The average Bonchev–Trinajstić information content (AvgIpc) is 2.60. The lowest BCUT2D eigenvalue weighted by Gasteiger charge is -2.21. The van der Waals surface area contributed by atoms with Gasteiger partial charge in [0.05, 0.1) is 23.6 Å². The van der Waals surface area contributed by atoms with Crippen molar-refractivity contribution in [1.82, 2.24) is 15.8 Å². The topological polar surface area (TPSA) is 95.6 Å². The second kappa shape index (κ2) is 3.62. The summed E-state index contributed by atoms with van der Waals surface area (Å²) in [4.78, 5) is 22.6. The van der Waals surface area contributed by atoms with E-state index in [0.29, 0.717) is 0 Å². The highest BCUT2D eigenvalue weighted by Crippen LogP contribution is 2.22. The minimum absolute atomic E-state index is 0.0537. The summed E-state index contributed by atoms with van der Waals surface area (Å²) in [6, 6.07) is -1.32. The Morgan fingerprint density at radius 2 is 2.25 bits per heavy atom. The molecule has 2 aliphatic rings. The lowest BCUT2D eigenvalue weighted by atomic mass is 10.2. The van der Waals surface area contributed by atoms with Crippen molar-refractivity contribution in [2.45, 2.75) is 25.4 Å². The molecule has 7 nitrogen and oxygen atoms in total.